The minimum Gasteiger partial charge on any atom is -0.475 e. The number of rotatable bonds is 4. The van der Waals surface area contributed by atoms with Crippen LogP contribution >= 0.6 is 0 Å². The van der Waals surface area contributed by atoms with Crippen LogP contribution in [0, 0.1) is 0 Å². The van der Waals surface area contributed by atoms with Crippen LogP contribution < -0.4 is 10.1 Å². The molecule has 7 heteroatoms. The first-order chi connectivity index (χ1) is 11.7. The standard InChI is InChI=1S/C18H28N4O3/c1-13(2)25-16-7-6-15(10-19-16)11-20-17(24)21-8-9-22(14(3)23)18(4,5)12-21/h6-7,10,13H,8-9,11-12H2,1-5H3,(H,20,24). The maximum atomic E-state index is 12.4. The van der Waals surface area contributed by atoms with Gasteiger partial charge < -0.3 is 19.9 Å². The number of carbonyl (C=O) groups excluding carboxylic acids is 2. The molecule has 3 amide bonds. The Labute approximate surface area is 149 Å². The molecule has 0 radical (unpaired) electrons. The predicted molar refractivity (Wildman–Crippen MR) is 95.3 cm³/mol. The van der Waals surface area contributed by atoms with Crippen LogP contribution in [-0.4, -0.2) is 58.0 Å². The lowest BCUT2D eigenvalue weighted by atomic mass is 9.99. The van der Waals surface area contributed by atoms with Gasteiger partial charge in [-0.1, -0.05) is 6.07 Å². The van der Waals surface area contributed by atoms with Crippen molar-refractivity contribution in [2.45, 2.75) is 52.8 Å². The van der Waals surface area contributed by atoms with Gasteiger partial charge in [0.2, 0.25) is 11.8 Å². The van der Waals surface area contributed by atoms with Gasteiger partial charge in [0.05, 0.1) is 11.6 Å². The molecule has 25 heavy (non-hydrogen) atoms. The van der Waals surface area contributed by atoms with Gasteiger partial charge in [-0.25, -0.2) is 9.78 Å². The predicted octanol–water partition coefficient (Wildman–Crippen LogP) is 2.02. The van der Waals surface area contributed by atoms with E-state index in [1.165, 1.54) is 0 Å². The van der Waals surface area contributed by atoms with E-state index < -0.39 is 0 Å². The topological polar surface area (TPSA) is 74.8 Å². The van der Waals surface area contributed by atoms with Crippen molar-refractivity contribution in [3.05, 3.63) is 23.9 Å². The molecule has 0 aliphatic carbocycles. The summed E-state index contributed by atoms with van der Waals surface area (Å²) >= 11 is 0. The number of urea groups is 1. The quantitative estimate of drug-likeness (QED) is 0.903. The molecule has 1 aromatic heterocycles. The van der Waals surface area contributed by atoms with Crippen LogP contribution in [0.3, 0.4) is 0 Å². The van der Waals surface area contributed by atoms with E-state index in [1.807, 2.05) is 38.7 Å². The number of nitrogens with zero attached hydrogens (tertiary/aromatic N) is 3. The maximum absolute atomic E-state index is 12.4. The van der Waals surface area contributed by atoms with Crippen molar-refractivity contribution in [3.63, 3.8) is 0 Å². The first-order valence-electron chi connectivity index (χ1n) is 8.61. The Balaban J connectivity index is 1.87. The number of hydrogen-bond donors (Lipinski definition) is 1. The zero-order valence-corrected chi connectivity index (χ0v) is 15.7. The molecular weight excluding hydrogens is 320 g/mol. The van der Waals surface area contributed by atoms with Gasteiger partial charge in [-0.3, -0.25) is 4.79 Å². The molecule has 2 heterocycles. The highest BCUT2D eigenvalue weighted by Crippen LogP contribution is 2.21. The minimum atomic E-state index is -0.362. The molecule has 2 rings (SSSR count). The largest absolute Gasteiger partial charge is 0.475 e. The Kier molecular flexibility index (Phi) is 5.87. The lowest BCUT2D eigenvalue weighted by Gasteiger charge is -2.46. The molecule has 1 aromatic rings. The van der Waals surface area contributed by atoms with Crippen LogP contribution in [0.4, 0.5) is 4.79 Å². The van der Waals surface area contributed by atoms with Crippen LogP contribution in [0.25, 0.3) is 0 Å². The Hall–Kier alpha value is -2.31. The summed E-state index contributed by atoms with van der Waals surface area (Å²) < 4.78 is 5.50. The van der Waals surface area contributed by atoms with Gasteiger partial charge in [0.25, 0.3) is 0 Å². The van der Waals surface area contributed by atoms with Crippen molar-refractivity contribution in [2.24, 2.45) is 0 Å². The Morgan fingerprint density at radius 1 is 1.32 bits per heavy atom. The van der Waals surface area contributed by atoms with E-state index in [-0.39, 0.29) is 23.6 Å². The second-order valence-electron chi connectivity index (χ2n) is 7.23. The maximum Gasteiger partial charge on any atom is 0.317 e. The van der Waals surface area contributed by atoms with E-state index in [1.54, 1.807) is 24.1 Å². The summed E-state index contributed by atoms with van der Waals surface area (Å²) in [7, 11) is 0. The zero-order valence-electron chi connectivity index (χ0n) is 15.7. The first kappa shape index (κ1) is 19.0. The van der Waals surface area contributed by atoms with Gasteiger partial charge in [0.15, 0.2) is 0 Å². The third kappa shape index (κ3) is 5.08. The number of carbonyl (C=O) groups is 2. The van der Waals surface area contributed by atoms with Crippen molar-refractivity contribution in [1.29, 1.82) is 0 Å². The monoisotopic (exact) mass is 348 g/mol. The number of pyridine rings is 1. The molecule has 0 spiro atoms. The molecule has 0 bridgehead atoms. The lowest BCUT2D eigenvalue weighted by Crippen LogP contribution is -2.62. The van der Waals surface area contributed by atoms with Gasteiger partial charge in [-0.05, 0) is 33.3 Å². The normalized spacial score (nSPS) is 16.7. The van der Waals surface area contributed by atoms with E-state index in [2.05, 4.69) is 10.3 Å². The molecule has 1 aliphatic rings. The number of nitrogens with one attached hydrogen (secondary N) is 1. The fourth-order valence-corrected chi connectivity index (χ4v) is 3.03. The minimum absolute atomic E-state index is 0.0415. The molecule has 1 fully saturated rings. The Morgan fingerprint density at radius 2 is 2.04 bits per heavy atom. The second kappa shape index (κ2) is 7.72. The molecule has 7 nitrogen and oxygen atoms in total. The summed E-state index contributed by atoms with van der Waals surface area (Å²) in [6.45, 7) is 11.4. The van der Waals surface area contributed by atoms with E-state index >= 15 is 0 Å². The fraction of sp³-hybridized carbons (Fsp3) is 0.611. The molecular formula is C18H28N4O3. The third-order valence-corrected chi connectivity index (χ3v) is 4.17. The smallest absolute Gasteiger partial charge is 0.317 e. The van der Waals surface area contributed by atoms with Crippen molar-refractivity contribution >= 4 is 11.9 Å². The zero-order chi connectivity index (χ0) is 18.6. The van der Waals surface area contributed by atoms with Crippen molar-refractivity contribution in [3.8, 4) is 5.88 Å². The SMILES string of the molecule is CC(=O)N1CCN(C(=O)NCc2ccc(OC(C)C)nc2)CC1(C)C. The van der Waals surface area contributed by atoms with Crippen molar-refractivity contribution in [2.75, 3.05) is 19.6 Å². The number of ether oxygens (including phenoxy) is 1. The van der Waals surface area contributed by atoms with Crippen LogP contribution in [0.2, 0.25) is 0 Å². The van der Waals surface area contributed by atoms with Gasteiger partial charge in [-0.2, -0.15) is 0 Å². The highest BCUT2D eigenvalue weighted by atomic mass is 16.5. The van der Waals surface area contributed by atoms with Gasteiger partial charge >= 0.3 is 6.03 Å². The molecule has 0 atom stereocenters. The highest BCUT2D eigenvalue weighted by molar-refractivity contribution is 5.77. The number of hydrogen-bond acceptors (Lipinski definition) is 4. The molecule has 0 unspecified atom stereocenters. The van der Waals surface area contributed by atoms with Gasteiger partial charge in [0.1, 0.15) is 0 Å². The average Bonchev–Trinajstić information content (AvgIpc) is 2.52. The third-order valence-electron chi connectivity index (χ3n) is 4.17. The van der Waals surface area contributed by atoms with Crippen molar-refractivity contribution in [1.82, 2.24) is 20.1 Å². The van der Waals surface area contributed by atoms with Gasteiger partial charge in [-0.15, -0.1) is 0 Å². The summed E-state index contributed by atoms with van der Waals surface area (Å²) in [6.07, 6.45) is 1.78. The Morgan fingerprint density at radius 3 is 2.56 bits per heavy atom. The summed E-state index contributed by atoms with van der Waals surface area (Å²) in [5, 5.41) is 2.91. The summed E-state index contributed by atoms with van der Waals surface area (Å²) in [4.78, 5) is 31.9. The Bertz CT molecular complexity index is 613. The fourth-order valence-electron chi connectivity index (χ4n) is 3.03. The molecule has 0 saturated carbocycles. The molecule has 1 saturated heterocycles. The van der Waals surface area contributed by atoms with E-state index in [9.17, 15) is 9.59 Å². The molecule has 1 N–H and O–H groups in total. The van der Waals surface area contributed by atoms with Crippen molar-refractivity contribution < 1.29 is 14.3 Å². The summed E-state index contributed by atoms with van der Waals surface area (Å²) in [5.41, 5.74) is 0.546. The number of aromatic nitrogens is 1. The van der Waals surface area contributed by atoms with Gasteiger partial charge in [0, 0.05) is 45.4 Å². The van der Waals surface area contributed by atoms with E-state index in [4.69, 9.17) is 4.74 Å². The van der Waals surface area contributed by atoms with E-state index in [0.29, 0.717) is 32.1 Å². The van der Waals surface area contributed by atoms with Crippen LogP contribution in [0.15, 0.2) is 18.3 Å². The highest BCUT2D eigenvalue weighted by Gasteiger charge is 2.36. The number of amides is 3. The summed E-state index contributed by atoms with van der Waals surface area (Å²) in [6, 6.07) is 3.57. The van der Waals surface area contributed by atoms with Crippen LogP contribution in [0.1, 0.15) is 40.2 Å². The molecule has 1 aliphatic heterocycles. The number of piperazine rings is 1. The van der Waals surface area contributed by atoms with Crippen LogP contribution in [-0.2, 0) is 11.3 Å². The lowest BCUT2D eigenvalue weighted by molar-refractivity contribution is -0.137. The molecule has 0 aromatic carbocycles. The van der Waals surface area contributed by atoms with E-state index in [0.717, 1.165) is 5.56 Å². The second-order valence-corrected chi connectivity index (χ2v) is 7.23. The van der Waals surface area contributed by atoms with Crippen LogP contribution in [0.5, 0.6) is 5.88 Å². The summed E-state index contributed by atoms with van der Waals surface area (Å²) in [5.74, 6) is 0.618. The first-order valence-corrected chi connectivity index (χ1v) is 8.61. The average molecular weight is 348 g/mol. The molecule has 138 valence electrons.